The van der Waals surface area contributed by atoms with Crippen LogP contribution in [0.25, 0.3) is 0 Å². The van der Waals surface area contributed by atoms with Crippen LogP contribution in [0.3, 0.4) is 0 Å². The molecular formula is C10H10ClNO2. The van der Waals surface area contributed by atoms with Crippen LogP contribution < -0.4 is 5.06 Å². The molecular weight excluding hydrogens is 202 g/mol. The topological polar surface area (TPSA) is 29.5 Å². The van der Waals surface area contributed by atoms with Gasteiger partial charge in [0.05, 0.1) is 17.6 Å². The number of amides is 1. The van der Waals surface area contributed by atoms with Crippen LogP contribution in [0, 0.1) is 0 Å². The number of nitrogens with zero attached hydrogens (tertiary/aromatic N) is 1. The Labute approximate surface area is 87.3 Å². The van der Waals surface area contributed by atoms with E-state index >= 15 is 0 Å². The molecule has 1 amide bonds. The Morgan fingerprint density at radius 1 is 1.29 bits per heavy atom. The van der Waals surface area contributed by atoms with Crippen molar-refractivity contribution in [1.29, 1.82) is 0 Å². The second kappa shape index (κ2) is 3.98. The number of rotatable bonds is 1. The third kappa shape index (κ3) is 1.61. The van der Waals surface area contributed by atoms with E-state index in [9.17, 15) is 4.79 Å². The molecule has 1 aromatic rings. The third-order valence-corrected chi connectivity index (χ3v) is 2.48. The van der Waals surface area contributed by atoms with Crippen LogP contribution >= 0.6 is 11.9 Å². The fourth-order valence-electron chi connectivity index (χ4n) is 1.66. The Hall–Kier alpha value is -1.06. The lowest BCUT2D eigenvalue weighted by molar-refractivity contribution is -0.122. The monoisotopic (exact) mass is 211 g/mol. The average Bonchev–Trinajstić information content (AvgIpc) is 2.36. The molecule has 0 saturated carbocycles. The standard InChI is InChI=1S/C10H10ClNO2/c11-14-12-9-6-2-1-4-8(9)5-3-7-10(12)13/h1-2,4,6H,3,5,7H2. The molecule has 1 aliphatic heterocycles. The molecule has 0 unspecified atom stereocenters. The zero-order chi connectivity index (χ0) is 9.97. The van der Waals surface area contributed by atoms with Crippen LogP contribution in [-0.4, -0.2) is 5.91 Å². The van der Waals surface area contributed by atoms with Crippen LogP contribution in [0.15, 0.2) is 24.3 Å². The third-order valence-electron chi connectivity index (χ3n) is 2.34. The predicted molar refractivity (Wildman–Crippen MR) is 53.8 cm³/mol. The maximum Gasteiger partial charge on any atom is 0.252 e. The smallest absolute Gasteiger partial charge is 0.252 e. The van der Waals surface area contributed by atoms with Crippen molar-refractivity contribution in [3.8, 4) is 0 Å². The first kappa shape index (κ1) is 9.49. The molecule has 4 heteroatoms. The number of benzene rings is 1. The van der Waals surface area contributed by atoms with E-state index in [0.717, 1.165) is 29.2 Å². The molecule has 0 aliphatic carbocycles. The lowest BCUT2D eigenvalue weighted by Crippen LogP contribution is -2.26. The van der Waals surface area contributed by atoms with Crippen LogP contribution in [0.5, 0.6) is 0 Å². The number of hydrogen-bond donors (Lipinski definition) is 0. The van der Waals surface area contributed by atoms with Crippen LogP contribution in [-0.2, 0) is 15.6 Å². The first-order valence-electron chi connectivity index (χ1n) is 4.52. The fourth-order valence-corrected chi connectivity index (χ4v) is 1.81. The number of fused-ring (bicyclic) bond motifs is 1. The number of carbonyl (C=O) groups excluding carboxylic acids is 1. The van der Waals surface area contributed by atoms with Crippen molar-refractivity contribution in [2.75, 3.05) is 5.06 Å². The Bertz CT molecular complexity index is 354. The fraction of sp³-hybridized carbons (Fsp3) is 0.300. The summed E-state index contributed by atoms with van der Waals surface area (Å²) >= 11 is 5.28. The highest BCUT2D eigenvalue weighted by Gasteiger charge is 2.22. The molecule has 14 heavy (non-hydrogen) atoms. The van der Waals surface area contributed by atoms with Gasteiger partial charge in [-0.1, -0.05) is 18.2 Å². The minimum atomic E-state index is -0.0926. The van der Waals surface area contributed by atoms with Gasteiger partial charge in [-0.2, -0.15) is 9.45 Å². The molecule has 1 heterocycles. The van der Waals surface area contributed by atoms with E-state index < -0.39 is 0 Å². The zero-order valence-electron chi connectivity index (χ0n) is 7.57. The van der Waals surface area contributed by atoms with Crippen molar-refractivity contribution < 1.29 is 9.18 Å². The van der Waals surface area contributed by atoms with Gasteiger partial charge in [0.25, 0.3) is 5.91 Å². The number of hydroxylamine groups is 1. The van der Waals surface area contributed by atoms with Crippen molar-refractivity contribution in [2.24, 2.45) is 0 Å². The highest BCUT2D eigenvalue weighted by Crippen LogP contribution is 2.27. The average molecular weight is 212 g/mol. The Morgan fingerprint density at radius 2 is 2.07 bits per heavy atom. The van der Waals surface area contributed by atoms with Gasteiger partial charge < -0.3 is 0 Å². The number of hydrogen-bond acceptors (Lipinski definition) is 2. The second-order valence-corrected chi connectivity index (χ2v) is 3.38. The summed E-state index contributed by atoms with van der Waals surface area (Å²) in [6.07, 6.45) is 2.20. The highest BCUT2D eigenvalue weighted by molar-refractivity contribution is 6.10. The van der Waals surface area contributed by atoms with Gasteiger partial charge in [-0.15, -0.1) is 0 Å². The van der Waals surface area contributed by atoms with Gasteiger partial charge in [-0.3, -0.25) is 4.79 Å². The molecule has 0 spiro atoms. The molecule has 0 saturated heterocycles. The van der Waals surface area contributed by atoms with E-state index in [1.54, 1.807) is 0 Å². The molecule has 0 fully saturated rings. The predicted octanol–water partition coefficient (Wildman–Crippen LogP) is 2.44. The van der Waals surface area contributed by atoms with Gasteiger partial charge in [-0.25, -0.2) is 0 Å². The summed E-state index contributed by atoms with van der Waals surface area (Å²) in [5.74, 6) is -0.0926. The number of halogens is 1. The largest absolute Gasteiger partial charge is 0.272 e. The van der Waals surface area contributed by atoms with E-state index in [1.807, 2.05) is 24.3 Å². The Kier molecular flexibility index (Phi) is 2.70. The summed E-state index contributed by atoms with van der Waals surface area (Å²) in [5.41, 5.74) is 1.85. The number of carbonyl (C=O) groups is 1. The van der Waals surface area contributed by atoms with Gasteiger partial charge in [0.15, 0.2) is 0 Å². The molecule has 0 N–H and O–H groups in total. The van der Waals surface area contributed by atoms with Gasteiger partial charge >= 0.3 is 0 Å². The van der Waals surface area contributed by atoms with E-state index in [1.165, 1.54) is 0 Å². The first-order chi connectivity index (χ1) is 6.83. The molecule has 0 bridgehead atoms. The first-order valence-corrected chi connectivity index (χ1v) is 4.83. The molecule has 0 aromatic heterocycles. The van der Waals surface area contributed by atoms with E-state index in [4.69, 9.17) is 11.9 Å². The lowest BCUT2D eigenvalue weighted by Gasteiger charge is -2.16. The number of aryl methyl sites for hydroxylation is 1. The lowest BCUT2D eigenvalue weighted by atomic mass is 10.1. The van der Waals surface area contributed by atoms with Gasteiger partial charge in [0.1, 0.15) is 0 Å². The quantitative estimate of drug-likeness (QED) is 0.714. The summed E-state index contributed by atoms with van der Waals surface area (Å²) in [5, 5.41) is 1.16. The van der Waals surface area contributed by atoms with Gasteiger partial charge in [-0.05, 0) is 24.5 Å². The van der Waals surface area contributed by atoms with E-state index in [-0.39, 0.29) is 5.91 Å². The molecule has 1 aromatic carbocycles. The molecule has 0 atom stereocenters. The normalized spacial score (nSPS) is 16.4. The van der Waals surface area contributed by atoms with Crippen molar-refractivity contribution in [3.05, 3.63) is 29.8 Å². The molecule has 2 rings (SSSR count). The zero-order valence-corrected chi connectivity index (χ0v) is 8.33. The molecule has 1 aliphatic rings. The van der Waals surface area contributed by atoms with Crippen molar-refractivity contribution in [2.45, 2.75) is 19.3 Å². The summed E-state index contributed by atoms with van der Waals surface area (Å²) in [6, 6.07) is 7.62. The van der Waals surface area contributed by atoms with Crippen LogP contribution in [0.4, 0.5) is 5.69 Å². The molecule has 0 radical (unpaired) electrons. The Balaban J connectivity index is 2.44. The summed E-state index contributed by atoms with van der Waals surface area (Å²) in [4.78, 5) is 11.5. The van der Waals surface area contributed by atoms with Crippen LogP contribution in [0.2, 0.25) is 0 Å². The van der Waals surface area contributed by atoms with E-state index in [0.29, 0.717) is 6.42 Å². The second-order valence-electron chi connectivity index (χ2n) is 3.24. The van der Waals surface area contributed by atoms with Crippen LogP contribution in [0.1, 0.15) is 18.4 Å². The van der Waals surface area contributed by atoms with E-state index in [2.05, 4.69) is 4.39 Å². The van der Waals surface area contributed by atoms with Gasteiger partial charge in [0.2, 0.25) is 0 Å². The number of para-hydroxylation sites is 1. The SMILES string of the molecule is O=C1CCCc2ccccc2N1OCl. The minimum Gasteiger partial charge on any atom is -0.272 e. The van der Waals surface area contributed by atoms with Crippen molar-refractivity contribution in [3.63, 3.8) is 0 Å². The van der Waals surface area contributed by atoms with Crippen molar-refractivity contribution >= 4 is 23.5 Å². The van der Waals surface area contributed by atoms with Gasteiger partial charge in [0, 0.05) is 6.42 Å². The summed E-state index contributed by atoms with van der Waals surface area (Å²) in [7, 11) is 0. The van der Waals surface area contributed by atoms with Crippen molar-refractivity contribution in [1.82, 2.24) is 0 Å². The Morgan fingerprint density at radius 3 is 2.86 bits per heavy atom. The molecule has 3 nitrogen and oxygen atoms in total. The maximum absolute atomic E-state index is 11.5. The summed E-state index contributed by atoms with van der Waals surface area (Å²) in [6.45, 7) is 0. The number of anilines is 1. The highest BCUT2D eigenvalue weighted by atomic mass is 35.5. The minimum absolute atomic E-state index is 0.0926. The summed E-state index contributed by atoms with van der Waals surface area (Å²) < 4.78 is 4.57. The molecule has 74 valence electrons. The maximum atomic E-state index is 11.5.